The lowest BCUT2D eigenvalue weighted by atomic mass is 9.76. The number of hydrogen-bond donors (Lipinski definition) is 0. The van der Waals surface area contributed by atoms with Crippen LogP contribution < -0.4 is 0 Å². The molecule has 0 radical (unpaired) electrons. The minimum absolute atomic E-state index is 0.476. The van der Waals surface area contributed by atoms with E-state index in [4.69, 9.17) is 4.43 Å². The largest absolute Gasteiger partial charge is 0.421 e. The van der Waals surface area contributed by atoms with E-state index in [-0.39, 0.29) is 0 Å². The van der Waals surface area contributed by atoms with Crippen LogP contribution in [0.4, 0.5) is 0 Å². The zero-order valence-electron chi connectivity index (χ0n) is 24.3. The summed E-state index contributed by atoms with van der Waals surface area (Å²) in [6.45, 7) is 29.3. The van der Waals surface area contributed by atoms with E-state index in [2.05, 4.69) is 70.1 Å². The van der Waals surface area contributed by atoms with Gasteiger partial charge in [0, 0.05) is 6.10 Å². The Kier molecular flexibility index (Phi) is 21.4. The summed E-state index contributed by atoms with van der Waals surface area (Å²) >= 11 is 0. The first-order chi connectivity index (χ1) is 16.0. The van der Waals surface area contributed by atoms with Gasteiger partial charge < -0.3 is 19.1 Å². The molecule has 0 bridgehead atoms. The van der Waals surface area contributed by atoms with E-state index in [0.717, 1.165) is 0 Å². The van der Waals surface area contributed by atoms with Crippen molar-refractivity contribution in [3.05, 3.63) is 0 Å². The summed E-state index contributed by atoms with van der Waals surface area (Å²) in [6.07, 6.45) is 11.0. The van der Waals surface area contributed by atoms with Crippen LogP contribution in [0.5, 0.6) is 0 Å². The molecule has 0 aromatic heterocycles. The Morgan fingerprint density at radius 1 is 0.576 bits per heavy atom. The summed E-state index contributed by atoms with van der Waals surface area (Å²) in [6, 6.07) is 1.37. The van der Waals surface area contributed by atoms with Crippen LogP contribution in [0.15, 0.2) is 0 Å². The molecule has 5 heteroatoms. The highest BCUT2D eigenvalue weighted by atomic mass is 28.2. The maximum Gasteiger partial charge on any atom is 0.162 e. The molecule has 0 aromatic carbocycles. The summed E-state index contributed by atoms with van der Waals surface area (Å²) in [5, 5.41) is 0. The van der Waals surface area contributed by atoms with E-state index in [1.54, 1.807) is 0 Å². The molecular formula is C28H63N3OSi. The smallest absolute Gasteiger partial charge is 0.162 e. The molecular weight excluding hydrogens is 422 g/mol. The lowest BCUT2D eigenvalue weighted by Crippen LogP contribution is -2.32. The van der Waals surface area contributed by atoms with Crippen molar-refractivity contribution in [2.24, 2.45) is 5.41 Å². The molecule has 4 nitrogen and oxygen atoms in total. The van der Waals surface area contributed by atoms with E-state index in [1.807, 2.05) is 0 Å². The maximum absolute atomic E-state index is 6.51. The zero-order chi connectivity index (χ0) is 25.0. The van der Waals surface area contributed by atoms with Crippen LogP contribution in [0.3, 0.4) is 0 Å². The molecule has 0 rings (SSSR count). The van der Waals surface area contributed by atoms with E-state index in [9.17, 15) is 0 Å². The fourth-order valence-corrected chi connectivity index (χ4v) is 7.47. The summed E-state index contributed by atoms with van der Waals surface area (Å²) in [5.41, 5.74) is 0.492. The van der Waals surface area contributed by atoms with Crippen LogP contribution >= 0.6 is 0 Å². The minimum atomic E-state index is -0.476. The van der Waals surface area contributed by atoms with Gasteiger partial charge in [0.15, 0.2) is 9.76 Å². The van der Waals surface area contributed by atoms with Crippen LogP contribution in [0.25, 0.3) is 0 Å². The molecule has 200 valence electrons. The van der Waals surface area contributed by atoms with Crippen LogP contribution in [0, 0.1) is 5.41 Å². The van der Waals surface area contributed by atoms with Crippen LogP contribution in [0.2, 0.25) is 6.04 Å². The molecule has 0 aromatic rings. The van der Waals surface area contributed by atoms with Gasteiger partial charge >= 0.3 is 0 Å². The average Bonchev–Trinajstić information content (AvgIpc) is 2.85. The zero-order valence-corrected chi connectivity index (χ0v) is 25.7. The van der Waals surface area contributed by atoms with E-state index >= 15 is 0 Å². The summed E-state index contributed by atoms with van der Waals surface area (Å²) in [4.78, 5) is 7.82. The summed E-state index contributed by atoms with van der Waals surface area (Å²) in [5.74, 6) is 0. The van der Waals surface area contributed by atoms with Crippen molar-refractivity contribution in [3.63, 3.8) is 0 Å². The third-order valence-corrected chi connectivity index (χ3v) is 10.1. The quantitative estimate of drug-likeness (QED) is 0.155. The highest BCUT2D eigenvalue weighted by Crippen LogP contribution is 2.39. The number of hydrogen-bond acceptors (Lipinski definition) is 4. The predicted molar refractivity (Wildman–Crippen MR) is 152 cm³/mol. The highest BCUT2D eigenvalue weighted by Gasteiger charge is 2.30. The molecule has 0 saturated heterocycles. The van der Waals surface area contributed by atoms with E-state index in [1.165, 1.54) is 116 Å². The standard InChI is InChI=1S/C28H63N3OSi/c1-9-27(10-2)32-33-26-28(20-17-23-29(11-3)12-4,21-18-24-30(13-5)14-6)22-19-25-31(15-7)16-8/h27H,9-26,33H2,1-8H3. The lowest BCUT2D eigenvalue weighted by molar-refractivity contribution is 0.163. The van der Waals surface area contributed by atoms with Crippen molar-refractivity contribution >= 4 is 9.76 Å². The van der Waals surface area contributed by atoms with Gasteiger partial charge in [-0.2, -0.15) is 0 Å². The first kappa shape index (κ1) is 33.1. The maximum atomic E-state index is 6.51. The third kappa shape index (κ3) is 14.9. The van der Waals surface area contributed by atoms with Gasteiger partial charge in [0.2, 0.25) is 0 Å². The van der Waals surface area contributed by atoms with E-state index in [0.29, 0.717) is 11.5 Å². The van der Waals surface area contributed by atoms with Gasteiger partial charge in [0.1, 0.15) is 0 Å². The molecule has 0 saturated carbocycles. The molecule has 0 unspecified atom stereocenters. The molecule has 0 N–H and O–H groups in total. The van der Waals surface area contributed by atoms with Crippen molar-refractivity contribution in [1.82, 2.24) is 14.7 Å². The SMILES string of the molecule is CCC(CC)O[SiH2]CC(CCCN(CC)CC)(CCCN(CC)CC)CCCN(CC)CC. The normalized spacial score (nSPS) is 13.1. The Morgan fingerprint density at radius 3 is 1.18 bits per heavy atom. The lowest BCUT2D eigenvalue weighted by Gasteiger charge is -2.37. The second kappa shape index (κ2) is 21.3. The minimum Gasteiger partial charge on any atom is -0.421 e. The van der Waals surface area contributed by atoms with Crippen molar-refractivity contribution in [2.45, 2.75) is 119 Å². The van der Waals surface area contributed by atoms with Gasteiger partial charge in [-0.1, -0.05) is 55.4 Å². The Hall–Kier alpha value is 0.0569. The Labute approximate surface area is 212 Å². The van der Waals surface area contributed by atoms with Crippen molar-refractivity contribution in [2.75, 3.05) is 58.9 Å². The third-order valence-electron chi connectivity index (χ3n) is 8.12. The molecule has 0 atom stereocenters. The predicted octanol–water partition coefficient (Wildman–Crippen LogP) is 6.05. The van der Waals surface area contributed by atoms with Crippen molar-refractivity contribution in [1.29, 1.82) is 0 Å². The van der Waals surface area contributed by atoms with Crippen LogP contribution in [-0.2, 0) is 4.43 Å². The first-order valence-corrected chi connectivity index (χ1v) is 16.3. The van der Waals surface area contributed by atoms with Gasteiger partial charge in [-0.05, 0) is 122 Å². The average molecular weight is 486 g/mol. The summed E-state index contributed by atoms with van der Waals surface area (Å²) in [7, 11) is -0.476. The molecule has 0 aliphatic rings. The van der Waals surface area contributed by atoms with Gasteiger partial charge in [-0.15, -0.1) is 0 Å². The molecule has 0 aliphatic carbocycles. The molecule has 0 aliphatic heterocycles. The number of nitrogens with zero attached hydrogens (tertiary/aromatic N) is 3. The fourth-order valence-electron chi connectivity index (χ4n) is 5.37. The van der Waals surface area contributed by atoms with Gasteiger partial charge in [0.25, 0.3) is 0 Å². The Morgan fingerprint density at radius 2 is 0.909 bits per heavy atom. The van der Waals surface area contributed by atoms with Crippen molar-refractivity contribution in [3.8, 4) is 0 Å². The van der Waals surface area contributed by atoms with Crippen LogP contribution in [0.1, 0.15) is 107 Å². The Balaban J connectivity index is 5.33. The van der Waals surface area contributed by atoms with Crippen LogP contribution in [-0.4, -0.2) is 89.5 Å². The molecule has 0 spiro atoms. The topological polar surface area (TPSA) is 19.0 Å². The van der Waals surface area contributed by atoms with Gasteiger partial charge in [-0.3, -0.25) is 0 Å². The number of rotatable bonds is 24. The van der Waals surface area contributed by atoms with Gasteiger partial charge in [-0.25, -0.2) is 0 Å². The second-order valence-corrected chi connectivity index (χ2v) is 11.2. The van der Waals surface area contributed by atoms with Crippen molar-refractivity contribution < 1.29 is 4.43 Å². The fraction of sp³-hybridized carbons (Fsp3) is 1.00. The molecule has 0 heterocycles. The Bertz CT molecular complexity index is 330. The van der Waals surface area contributed by atoms with E-state index < -0.39 is 9.76 Å². The monoisotopic (exact) mass is 485 g/mol. The molecule has 0 amide bonds. The molecule has 0 fully saturated rings. The highest BCUT2D eigenvalue weighted by molar-refractivity contribution is 6.27. The summed E-state index contributed by atoms with van der Waals surface area (Å²) < 4.78 is 6.51. The second-order valence-electron chi connectivity index (χ2n) is 9.95. The first-order valence-electron chi connectivity index (χ1n) is 14.8. The van der Waals surface area contributed by atoms with Gasteiger partial charge in [0.05, 0.1) is 0 Å². The molecule has 33 heavy (non-hydrogen) atoms.